The fraction of sp³-hybridized carbons (Fsp3) is 0.368. The third-order valence-corrected chi connectivity index (χ3v) is 6.50. The number of halogens is 1. The molecule has 10 heteroatoms. The van der Waals surface area contributed by atoms with Crippen LogP contribution in [0.1, 0.15) is 35.9 Å². The minimum Gasteiger partial charge on any atom is -0.341 e. The SMILES string of the molecule is CNC(=O)Nc1nc2c(s1)[C@@H]1CCC[C@H](C2)N1c1nc(-c2ccc(F)cc2)no1. The van der Waals surface area contributed by atoms with Gasteiger partial charge in [-0.15, -0.1) is 0 Å². The Morgan fingerprint density at radius 1 is 1.28 bits per heavy atom. The highest BCUT2D eigenvalue weighted by atomic mass is 32.1. The van der Waals surface area contributed by atoms with E-state index in [-0.39, 0.29) is 23.9 Å². The van der Waals surface area contributed by atoms with E-state index in [1.165, 1.54) is 23.5 Å². The summed E-state index contributed by atoms with van der Waals surface area (Å²) in [5.74, 6) is 0.136. The summed E-state index contributed by atoms with van der Waals surface area (Å²) in [5, 5.41) is 10.0. The van der Waals surface area contributed by atoms with Crippen LogP contribution in [0.2, 0.25) is 0 Å². The third kappa shape index (κ3) is 3.23. The van der Waals surface area contributed by atoms with Crippen LogP contribution in [0.5, 0.6) is 0 Å². The molecule has 150 valence electrons. The van der Waals surface area contributed by atoms with Crippen molar-refractivity contribution in [3.8, 4) is 11.4 Å². The number of hydrogen-bond acceptors (Lipinski definition) is 7. The zero-order chi connectivity index (χ0) is 20.0. The van der Waals surface area contributed by atoms with E-state index < -0.39 is 0 Å². The Hall–Kier alpha value is -3.01. The monoisotopic (exact) mass is 414 g/mol. The van der Waals surface area contributed by atoms with Crippen LogP contribution >= 0.6 is 11.3 Å². The van der Waals surface area contributed by atoms with E-state index in [1.807, 2.05) is 0 Å². The Bertz CT molecular complexity index is 1050. The lowest BCUT2D eigenvalue weighted by molar-refractivity contribution is 0.254. The fourth-order valence-electron chi connectivity index (χ4n) is 4.07. The first-order valence-corrected chi connectivity index (χ1v) is 10.3. The fourth-order valence-corrected chi connectivity index (χ4v) is 5.19. The molecular formula is C19H19FN6O2S. The highest BCUT2D eigenvalue weighted by Gasteiger charge is 2.42. The van der Waals surface area contributed by atoms with E-state index >= 15 is 0 Å². The second-order valence-electron chi connectivity index (χ2n) is 7.15. The van der Waals surface area contributed by atoms with Crippen molar-refractivity contribution in [3.63, 3.8) is 0 Å². The molecule has 1 fully saturated rings. The van der Waals surface area contributed by atoms with E-state index in [4.69, 9.17) is 4.52 Å². The van der Waals surface area contributed by atoms with Gasteiger partial charge in [0.25, 0.3) is 0 Å². The maximum atomic E-state index is 13.2. The van der Waals surface area contributed by atoms with Gasteiger partial charge in [-0.3, -0.25) is 5.32 Å². The Kier molecular flexibility index (Phi) is 4.42. The largest absolute Gasteiger partial charge is 0.341 e. The molecule has 3 aromatic rings. The standard InChI is InChI=1S/C19H19FN6O2S/c1-21-17(27)24-18-22-13-9-12-3-2-4-14(15(13)29-18)26(12)19-23-16(25-28-19)10-5-7-11(20)8-6-10/h5-8,12,14H,2-4,9H2,1H3,(H2,21,22,24,27)/t12-,14+/m1/s1. The van der Waals surface area contributed by atoms with Crippen molar-refractivity contribution >= 4 is 28.5 Å². The van der Waals surface area contributed by atoms with Gasteiger partial charge in [0.1, 0.15) is 5.82 Å². The van der Waals surface area contributed by atoms with Crippen molar-refractivity contribution < 1.29 is 13.7 Å². The zero-order valence-electron chi connectivity index (χ0n) is 15.7. The van der Waals surface area contributed by atoms with Crippen molar-refractivity contribution in [2.45, 2.75) is 37.8 Å². The van der Waals surface area contributed by atoms with Gasteiger partial charge < -0.3 is 14.7 Å². The molecule has 2 aliphatic rings. The van der Waals surface area contributed by atoms with Crippen LogP contribution in [0, 0.1) is 5.82 Å². The van der Waals surface area contributed by atoms with Crippen LogP contribution in [0.15, 0.2) is 28.8 Å². The van der Waals surface area contributed by atoms with Gasteiger partial charge in [0.15, 0.2) is 5.13 Å². The predicted octanol–water partition coefficient (Wildman–Crippen LogP) is 3.74. The molecular weight excluding hydrogens is 395 g/mol. The second kappa shape index (κ2) is 7.11. The van der Waals surface area contributed by atoms with Gasteiger partial charge in [0.2, 0.25) is 5.82 Å². The van der Waals surface area contributed by atoms with Crippen LogP contribution in [-0.2, 0) is 6.42 Å². The molecule has 29 heavy (non-hydrogen) atoms. The van der Waals surface area contributed by atoms with E-state index in [9.17, 15) is 9.18 Å². The number of nitrogens with one attached hydrogen (secondary N) is 2. The van der Waals surface area contributed by atoms with Crippen LogP contribution in [-0.4, -0.2) is 34.2 Å². The van der Waals surface area contributed by atoms with Crippen LogP contribution in [0.3, 0.4) is 0 Å². The number of hydrogen-bond donors (Lipinski definition) is 2. The summed E-state index contributed by atoms with van der Waals surface area (Å²) >= 11 is 1.49. The van der Waals surface area contributed by atoms with Gasteiger partial charge >= 0.3 is 12.0 Å². The summed E-state index contributed by atoms with van der Waals surface area (Å²) in [6.45, 7) is 0. The molecule has 8 nitrogen and oxygen atoms in total. The first kappa shape index (κ1) is 18.0. The van der Waals surface area contributed by atoms with Crippen molar-refractivity contribution in [2.75, 3.05) is 17.3 Å². The van der Waals surface area contributed by atoms with Gasteiger partial charge in [-0.25, -0.2) is 14.2 Å². The summed E-state index contributed by atoms with van der Waals surface area (Å²) in [7, 11) is 1.58. The molecule has 0 saturated carbocycles. The van der Waals surface area contributed by atoms with Crippen molar-refractivity contribution in [1.29, 1.82) is 0 Å². The maximum Gasteiger partial charge on any atom is 0.325 e. The number of urea groups is 1. The molecule has 0 spiro atoms. The number of fused-ring (bicyclic) bond motifs is 4. The average Bonchev–Trinajstić information content (AvgIpc) is 3.35. The Morgan fingerprint density at radius 3 is 2.90 bits per heavy atom. The topological polar surface area (TPSA) is 96.2 Å². The minimum atomic E-state index is -0.304. The number of anilines is 2. The van der Waals surface area contributed by atoms with E-state index in [0.717, 1.165) is 36.3 Å². The predicted molar refractivity (Wildman–Crippen MR) is 106 cm³/mol. The molecule has 0 radical (unpaired) electrons. The van der Waals surface area contributed by atoms with Crippen molar-refractivity contribution in [1.82, 2.24) is 20.4 Å². The number of nitrogens with zero attached hydrogens (tertiary/aromatic N) is 4. The normalized spacial score (nSPS) is 20.3. The summed E-state index contributed by atoms with van der Waals surface area (Å²) in [6, 6.07) is 6.54. The number of amides is 2. The molecule has 0 aliphatic carbocycles. The van der Waals surface area contributed by atoms with Crippen molar-refractivity contribution in [2.24, 2.45) is 0 Å². The number of benzene rings is 1. The van der Waals surface area contributed by atoms with Gasteiger partial charge in [-0.2, -0.15) is 4.98 Å². The molecule has 2 atom stereocenters. The second-order valence-corrected chi connectivity index (χ2v) is 8.18. The quantitative estimate of drug-likeness (QED) is 0.678. The molecule has 2 aliphatic heterocycles. The number of aromatic nitrogens is 3. The maximum absolute atomic E-state index is 13.2. The van der Waals surface area contributed by atoms with Crippen LogP contribution in [0.25, 0.3) is 11.4 Å². The average molecular weight is 414 g/mol. The molecule has 1 saturated heterocycles. The van der Waals surface area contributed by atoms with Gasteiger partial charge in [0.05, 0.1) is 16.6 Å². The summed E-state index contributed by atoms with van der Waals surface area (Å²) < 4.78 is 18.8. The molecule has 2 amide bonds. The number of rotatable bonds is 3. The highest BCUT2D eigenvalue weighted by Crippen LogP contribution is 2.47. The van der Waals surface area contributed by atoms with E-state index in [1.54, 1.807) is 19.2 Å². The van der Waals surface area contributed by atoms with Crippen LogP contribution in [0.4, 0.5) is 20.3 Å². The number of carbonyl (C=O) groups excluding carboxylic acids is 1. The smallest absolute Gasteiger partial charge is 0.325 e. The van der Waals surface area contributed by atoms with E-state index in [2.05, 4.69) is 30.7 Å². The lowest BCUT2D eigenvalue weighted by Gasteiger charge is -2.43. The van der Waals surface area contributed by atoms with Crippen LogP contribution < -0.4 is 15.5 Å². The van der Waals surface area contributed by atoms with Gasteiger partial charge in [-0.1, -0.05) is 16.5 Å². The zero-order valence-corrected chi connectivity index (χ0v) is 16.5. The molecule has 1 aromatic carbocycles. The Labute approximate surface area is 170 Å². The number of carbonyl (C=O) groups is 1. The molecule has 2 aromatic heterocycles. The van der Waals surface area contributed by atoms with E-state index in [0.29, 0.717) is 22.5 Å². The molecule has 0 unspecified atom stereocenters. The Morgan fingerprint density at radius 2 is 2.10 bits per heavy atom. The molecule has 5 rings (SSSR count). The molecule has 4 heterocycles. The number of piperidine rings is 1. The first-order chi connectivity index (χ1) is 14.1. The summed E-state index contributed by atoms with van der Waals surface area (Å²) in [5.41, 5.74) is 1.74. The minimum absolute atomic E-state index is 0.0942. The van der Waals surface area contributed by atoms with Gasteiger partial charge in [0, 0.05) is 25.1 Å². The van der Waals surface area contributed by atoms with Crippen molar-refractivity contribution in [3.05, 3.63) is 40.7 Å². The van der Waals surface area contributed by atoms with Gasteiger partial charge in [-0.05, 0) is 43.5 Å². The lowest BCUT2D eigenvalue weighted by Crippen LogP contribution is -2.46. The molecule has 2 N–H and O–H groups in total. The summed E-state index contributed by atoms with van der Waals surface area (Å²) in [6.07, 6.45) is 3.85. The first-order valence-electron chi connectivity index (χ1n) is 9.48. The lowest BCUT2D eigenvalue weighted by atomic mass is 9.86. The third-order valence-electron chi connectivity index (χ3n) is 5.39. The Balaban J connectivity index is 1.46. The number of thiazole rings is 1. The summed E-state index contributed by atoms with van der Waals surface area (Å²) in [4.78, 5) is 24.2. The molecule has 2 bridgehead atoms. The highest BCUT2D eigenvalue weighted by molar-refractivity contribution is 7.16.